The molecule has 1 heterocycles. The fraction of sp³-hybridized carbons (Fsp3) is 0.889. The first kappa shape index (κ1) is 9.52. The summed E-state index contributed by atoms with van der Waals surface area (Å²) in [5, 5.41) is 3.16. The Labute approximate surface area is 73.5 Å². The standard InChI is InChI=1S/C9H17NO2/c1-6(2)7-4-5-10-8(7)9(11)12-3/h6-8,10H,4-5H2,1-3H3. The molecule has 2 atom stereocenters. The Hall–Kier alpha value is -0.570. The van der Waals surface area contributed by atoms with E-state index in [1.165, 1.54) is 7.11 Å². The molecule has 0 saturated carbocycles. The van der Waals surface area contributed by atoms with Crippen molar-refractivity contribution in [2.24, 2.45) is 11.8 Å². The summed E-state index contributed by atoms with van der Waals surface area (Å²) in [6.45, 7) is 5.23. The van der Waals surface area contributed by atoms with Crippen LogP contribution in [0.25, 0.3) is 0 Å². The fourth-order valence-corrected chi connectivity index (χ4v) is 1.83. The number of rotatable bonds is 2. The first-order valence-corrected chi connectivity index (χ1v) is 4.48. The van der Waals surface area contributed by atoms with Gasteiger partial charge in [0.1, 0.15) is 6.04 Å². The highest BCUT2D eigenvalue weighted by Gasteiger charge is 2.34. The third-order valence-corrected chi connectivity index (χ3v) is 2.58. The minimum atomic E-state index is -0.119. The maximum atomic E-state index is 11.2. The van der Waals surface area contributed by atoms with Crippen LogP contribution >= 0.6 is 0 Å². The maximum absolute atomic E-state index is 11.2. The zero-order valence-corrected chi connectivity index (χ0v) is 7.96. The molecule has 1 N–H and O–H groups in total. The van der Waals surface area contributed by atoms with Gasteiger partial charge in [0.25, 0.3) is 0 Å². The summed E-state index contributed by atoms with van der Waals surface area (Å²) >= 11 is 0. The van der Waals surface area contributed by atoms with Crippen molar-refractivity contribution in [3.63, 3.8) is 0 Å². The van der Waals surface area contributed by atoms with Gasteiger partial charge in [0, 0.05) is 0 Å². The van der Waals surface area contributed by atoms with Crippen LogP contribution < -0.4 is 5.32 Å². The summed E-state index contributed by atoms with van der Waals surface area (Å²) in [5.74, 6) is 0.868. The molecule has 0 aromatic heterocycles. The zero-order chi connectivity index (χ0) is 9.14. The number of nitrogens with one attached hydrogen (secondary N) is 1. The second kappa shape index (κ2) is 3.90. The summed E-state index contributed by atoms with van der Waals surface area (Å²) in [7, 11) is 1.44. The van der Waals surface area contributed by atoms with Gasteiger partial charge in [0.15, 0.2) is 0 Å². The van der Waals surface area contributed by atoms with Crippen molar-refractivity contribution >= 4 is 5.97 Å². The van der Waals surface area contributed by atoms with Crippen molar-refractivity contribution < 1.29 is 9.53 Å². The molecule has 1 rings (SSSR count). The number of carbonyl (C=O) groups is 1. The molecule has 3 heteroatoms. The molecular weight excluding hydrogens is 154 g/mol. The third kappa shape index (κ3) is 1.78. The van der Waals surface area contributed by atoms with E-state index in [1.54, 1.807) is 0 Å². The van der Waals surface area contributed by atoms with Gasteiger partial charge in [-0.1, -0.05) is 13.8 Å². The van der Waals surface area contributed by atoms with E-state index < -0.39 is 0 Å². The van der Waals surface area contributed by atoms with Crippen molar-refractivity contribution in [2.75, 3.05) is 13.7 Å². The predicted molar refractivity (Wildman–Crippen MR) is 46.8 cm³/mol. The van der Waals surface area contributed by atoms with Gasteiger partial charge < -0.3 is 10.1 Å². The second-order valence-corrected chi connectivity index (χ2v) is 3.65. The van der Waals surface area contributed by atoms with E-state index in [9.17, 15) is 4.79 Å². The molecule has 70 valence electrons. The summed E-state index contributed by atoms with van der Waals surface area (Å²) in [4.78, 5) is 11.2. The Morgan fingerprint density at radius 3 is 2.75 bits per heavy atom. The lowest BCUT2D eigenvalue weighted by molar-refractivity contribution is -0.144. The van der Waals surface area contributed by atoms with Gasteiger partial charge in [0.2, 0.25) is 0 Å². The number of hydrogen-bond acceptors (Lipinski definition) is 3. The summed E-state index contributed by atoms with van der Waals surface area (Å²) < 4.78 is 4.71. The average molecular weight is 171 g/mol. The lowest BCUT2D eigenvalue weighted by atomic mass is 9.89. The number of carbonyl (C=O) groups excluding carboxylic acids is 1. The average Bonchev–Trinajstić information content (AvgIpc) is 2.50. The topological polar surface area (TPSA) is 38.3 Å². The quantitative estimate of drug-likeness (QED) is 0.624. The van der Waals surface area contributed by atoms with E-state index in [1.807, 2.05) is 0 Å². The van der Waals surface area contributed by atoms with Crippen LogP contribution in [-0.2, 0) is 9.53 Å². The Bertz CT molecular complexity index is 168. The molecule has 0 aliphatic carbocycles. The van der Waals surface area contributed by atoms with Crippen molar-refractivity contribution in [1.29, 1.82) is 0 Å². The van der Waals surface area contributed by atoms with E-state index in [-0.39, 0.29) is 12.0 Å². The Balaban J connectivity index is 2.57. The van der Waals surface area contributed by atoms with E-state index in [4.69, 9.17) is 4.74 Å². The number of hydrogen-bond donors (Lipinski definition) is 1. The highest BCUT2D eigenvalue weighted by molar-refractivity contribution is 5.76. The monoisotopic (exact) mass is 171 g/mol. The van der Waals surface area contributed by atoms with E-state index in [2.05, 4.69) is 19.2 Å². The fourth-order valence-electron chi connectivity index (χ4n) is 1.83. The Morgan fingerprint density at radius 1 is 1.58 bits per heavy atom. The minimum absolute atomic E-state index is 0.0741. The molecular formula is C9H17NO2. The van der Waals surface area contributed by atoms with Crippen LogP contribution in [0.5, 0.6) is 0 Å². The first-order valence-electron chi connectivity index (χ1n) is 4.48. The highest BCUT2D eigenvalue weighted by Crippen LogP contribution is 2.24. The molecule has 1 aliphatic heterocycles. The molecule has 12 heavy (non-hydrogen) atoms. The molecule has 1 fully saturated rings. The predicted octanol–water partition coefficient (Wildman–Crippen LogP) is 0.793. The summed E-state index contributed by atoms with van der Waals surface area (Å²) in [6.07, 6.45) is 1.08. The van der Waals surface area contributed by atoms with Crippen molar-refractivity contribution in [3.05, 3.63) is 0 Å². The first-order chi connectivity index (χ1) is 5.66. The summed E-state index contributed by atoms with van der Waals surface area (Å²) in [6, 6.07) is -0.0741. The van der Waals surface area contributed by atoms with E-state index in [0.717, 1.165) is 13.0 Å². The Kier molecular flexibility index (Phi) is 3.09. The third-order valence-electron chi connectivity index (χ3n) is 2.58. The van der Waals surface area contributed by atoms with E-state index >= 15 is 0 Å². The SMILES string of the molecule is COC(=O)C1NCCC1C(C)C. The molecule has 0 bridgehead atoms. The van der Waals surface area contributed by atoms with Crippen LogP contribution in [0, 0.1) is 11.8 Å². The van der Waals surface area contributed by atoms with Gasteiger partial charge in [-0.05, 0) is 24.8 Å². The molecule has 0 aromatic carbocycles. The van der Waals surface area contributed by atoms with Crippen LogP contribution in [0.1, 0.15) is 20.3 Å². The van der Waals surface area contributed by atoms with Gasteiger partial charge in [-0.25, -0.2) is 0 Å². The highest BCUT2D eigenvalue weighted by atomic mass is 16.5. The molecule has 3 nitrogen and oxygen atoms in total. The molecule has 1 saturated heterocycles. The maximum Gasteiger partial charge on any atom is 0.323 e. The number of methoxy groups -OCH3 is 1. The van der Waals surface area contributed by atoms with Gasteiger partial charge in [-0.15, -0.1) is 0 Å². The lowest BCUT2D eigenvalue weighted by Gasteiger charge is -2.20. The molecule has 0 amide bonds. The number of ether oxygens (including phenoxy) is 1. The molecule has 0 aromatic rings. The minimum Gasteiger partial charge on any atom is -0.468 e. The Morgan fingerprint density at radius 2 is 2.25 bits per heavy atom. The summed E-state index contributed by atoms with van der Waals surface area (Å²) in [5.41, 5.74) is 0. The second-order valence-electron chi connectivity index (χ2n) is 3.65. The molecule has 2 unspecified atom stereocenters. The zero-order valence-electron chi connectivity index (χ0n) is 7.96. The van der Waals surface area contributed by atoms with Crippen molar-refractivity contribution in [2.45, 2.75) is 26.3 Å². The van der Waals surface area contributed by atoms with Crippen LogP contribution in [0.2, 0.25) is 0 Å². The van der Waals surface area contributed by atoms with Gasteiger partial charge >= 0.3 is 5.97 Å². The van der Waals surface area contributed by atoms with Crippen molar-refractivity contribution in [1.82, 2.24) is 5.32 Å². The molecule has 1 aliphatic rings. The molecule has 0 radical (unpaired) electrons. The van der Waals surface area contributed by atoms with Crippen LogP contribution in [-0.4, -0.2) is 25.7 Å². The van der Waals surface area contributed by atoms with Gasteiger partial charge in [-0.2, -0.15) is 0 Å². The van der Waals surface area contributed by atoms with E-state index in [0.29, 0.717) is 11.8 Å². The lowest BCUT2D eigenvalue weighted by Crippen LogP contribution is -2.38. The van der Waals surface area contributed by atoms with Gasteiger partial charge in [0.05, 0.1) is 7.11 Å². The van der Waals surface area contributed by atoms with Crippen LogP contribution in [0.4, 0.5) is 0 Å². The van der Waals surface area contributed by atoms with Crippen molar-refractivity contribution in [3.8, 4) is 0 Å². The van der Waals surface area contributed by atoms with Crippen LogP contribution in [0.3, 0.4) is 0 Å². The van der Waals surface area contributed by atoms with Gasteiger partial charge in [-0.3, -0.25) is 4.79 Å². The molecule has 0 spiro atoms. The smallest absolute Gasteiger partial charge is 0.323 e. The van der Waals surface area contributed by atoms with Crippen LogP contribution in [0.15, 0.2) is 0 Å². The normalized spacial score (nSPS) is 29.3. The largest absolute Gasteiger partial charge is 0.468 e. The number of esters is 1.